The van der Waals surface area contributed by atoms with E-state index in [0.717, 1.165) is 13.0 Å². The van der Waals surface area contributed by atoms with Crippen molar-refractivity contribution >= 4 is 5.69 Å². The molecule has 0 bridgehead atoms. The summed E-state index contributed by atoms with van der Waals surface area (Å²) in [5, 5.41) is 22.1. The van der Waals surface area contributed by atoms with Gasteiger partial charge in [-0.2, -0.15) is 0 Å². The molecule has 0 aliphatic rings. The molecular formula is C14H18N4O3. The van der Waals surface area contributed by atoms with Crippen LogP contribution in [0.15, 0.2) is 22.6 Å². The first-order chi connectivity index (χ1) is 10.0. The third-order valence-electron chi connectivity index (χ3n) is 3.15. The molecule has 0 saturated heterocycles. The van der Waals surface area contributed by atoms with Crippen molar-refractivity contribution < 1.29 is 9.34 Å². The highest BCUT2D eigenvalue weighted by Gasteiger charge is 2.16. The third kappa shape index (κ3) is 3.43. The van der Waals surface area contributed by atoms with Crippen LogP contribution in [0, 0.1) is 17.0 Å². The van der Waals surface area contributed by atoms with Gasteiger partial charge in [0.15, 0.2) is 0 Å². The van der Waals surface area contributed by atoms with Crippen LogP contribution in [0.3, 0.4) is 0 Å². The second kappa shape index (κ2) is 6.45. The maximum Gasteiger partial charge on any atom is 0.272 e. The minimum absolute atomic E-state index is 0.0228. The van der Waals surface area contributed by atoms with Gasteiger partial charge in [0.25, 0.3) is 5.69 Å². The zero-order valence-corrected chi connectivity index (χ0v) is 12.3. The van der Waals surface area contributed by atoms with Crippen molar-refractivity contribution in [1.29, 1.82) is 0 Å². The Kier molecular flexibility index (Phi) is 4.64. The lowest BCUT2D eigenvalue weighted by molar-refractivity contribution is -0.385. The van der Waals surface area contributed by atoms with Crippen LogP contribution in [-0.2, 0) is 0 Å². The van der Waals surface area contributed by atoms with Crippen LogP contribution < -0.4 is 5.32 Å². The topological polar surface area (TPSA) is 94.1 Å². The van der Waals surface area contributed by atoms with E-state index in [1.807, 2.05) is 6.92 Å². The van der Waals surface area contributed by atoms with Gasteiger partial charge in [-0.25, -0.2) is 0 Å². The van der Waals surface area contributed by atoms with Crippen LogP contribution in [-0.4, -0.2) is 21.7 Å². The van der Waals surface area contributed by atoms with Gasteiger partial charge in [0, 0.05) is 17.2 Å². The van der Waals surface area contributed by atoms with Crippen molar-refractivity contribution in [2.75, 3.05) is 6.54 Å². The van der Waals surface area contributed by atoms with Gasteiger partial charge in [0.2, 0.25) is 11.8 Å². The minimum atomic E-state index is -0.408. The highest BCUT2D eigenvalue weighted by Crippen LogP contribution is 2.26. The summed E-state index contributed by atoms with van der Waals surface area (Å²) >= 11 is 0. The van der Waals surface area contributed by atoms with E-state index in [9.17, 15) is 10.1 Å². The molecule has 1 aromatic carbocycles. The van der Waals surface area contributed by atoms with E-state index < -0.39 is 4.92 Å². The molecule has 1 N–H and O–H groups in total. The van der Waals surface area contributed by atoms with Gasteiger partial charge in [-0.3, -0.25) is 10.1 Å². The number of rotatable bonds is 6. The molecule has 0 radical (unpaired) electrons. The molecule has 1 aromatic heterocycles. The van der Waals surface area contributed by atoms with Gasteiger partial charge in [-0.15, -0.1) is 10.2 Å². The molecule has 7 nitrogen and oxygen atoms in total. The largest absolute Gasteiger partial charge is 0.419 e. The second-order valence-corrected chi connectivity index (χ2v) is 4.88. The summed E-state index contributed by atoms with van der Waals surface area (Å²) in [5.74, 6) is 0.877. The molecule has 112 valence electrons. The fourth-order valence-electron chi connectivity index (χ4n) is 1.97. The Balaban J connectivity index is 2.21. The number of nitro groups is 1. The average Bonchev–Trinajstić information content (AvgIpc) is 2.94. The Bertz CT molecular complexity index is 639. The van der Waals surface area contributed by atoms with Crippen molar-refractivity contribution in [3.8, 4) is 11.5 Å². The molecule has 21 heavy (non-hydrogen) atoms. The fourth-order valence-corrected chi connectivity index (χ4v) is 1.97. The first-order valence-electron chi connectivity index (χ1n) is 6.85. The Morgan fingerprint density at radius 1 is 1.43 bits per heavy atom. The van der Waals surface area contributed by atoms with Crippen molar-refractivity contribution in [3.05, 3.63) is 39.8 Å². The van der Waals surface area contributed by atoms with Gasteiger partial charge >= 0.3 is 0 Å². The van der Waals surface area contributed by atoms with Gasteiger partial charge < -0.3 is 9.73 Å². The number of hydrogen-bond donors (Lipinski definition) is 1. The highest BCUT2D eigenvalue weighted by molar-refractivity contribution is 5.58. The smallest absolute Gasteiger partial charge is 0.272 e. The fraction of sp³-hybridized carbons (Fsp3) is 0.429. The van der Waals surface area contributed by atoms with E-state index in [-0.39, 0.29) is 11.7 Å². The summed E-state index contributed by atoms with van der Waals surface area (Å²) in [6.07, 6.45) is 1.02. The van der Waals surface area contributed by atoms with Crippen LogP contribution in [0.5, 0.6) is 0 Å². The zero-order valence-electron chi connectivity index (χ0n) is 12.3. The first-order valence-corrected chi connectivity index (χ1v) is 6.85. The predicted molar refractivity (Wildman–Crippen MR) is 77.8 cm³/mol. The van der Waals surface area contributed by atoms with Crippen LogP contribution in [0.2, 0.25) is 0 Å². The molecule has 2 rings (SSSR count). The SMILES string of the molecule is CCCNC(C)c1nnc(-c2ccc([N+](=O)[O-])c(C)c2)o1. The van der Waals surface area contributed by atoms with Gasteiger partial charge in [-0.05, 0) is 38.9 Å². The van der Waals surface area contributed by atoms with Crippen molar-refractivity contribution in [2.24, 2.45) is 0 Å². The van der Waals surface area contributed by atoms with E-state index in [2.05, 4.69) is 22.4 Å². The second-order valence-electron chi connectivity index (χ2n) is 4.88. The summed E-state index contributed by atoms with van der Waals surface area (Å²) in [5.41, 5.74) is 1.32. The first kappa shape index (κ1) is 15.1. The molecule has 0 amide bonds. The summed E-state index contributed by atoms with van der Waals surface area (Å²) in [7, 11) is 0. The summed E-state index contributed by atoms with van der Waals surface area (Å²) in [6.45, 7) is 6.59. The van der Waals surface area contributed by atoms with Crippen LogP contribution in [0.25, 0.3) is 11.5 Å². The number of hydrogen-bond acceptors (Lipinski definition) is 6. The molecule has 1 heterocycles. The standard InChI is InChI=1S/C14H18N4O3/c1-4-7-15-10(3)13-16-17-14(21-13)11-5-6-12(18(19)20)9(2)8-11/h5-6,8,10,15H,4,7H2,1-3H3. The maximum absolute atomic E-state index is 10.8. The van der Waals surface area contributed by atoms with Crippen LogP contribution >= 0.6 is 0 Å². The summed E-state index contributed by atoms with van der Waals surface area (Å²) < 4.78 is 5.63. The Labute approximate surface area is 122 Å². The molecule has 1 atom stereocenters. The van der Waals surface area contributed by atoms with E-state index in [4.69, 9.17) is 4.42 Å². The monoisotopic (exact) mass is 290 g/mol. The van der Waals surface area contributed by atoms with Crippen LogP contribution in [0.1, 0.15) is 37.8 Å². The summed E-state index contributed by atoms with van der Waals surface area (Å²) in [6, 6.07) is 4.73. The summed E-state index contributed by atoms with van der Waals surface area (Å²) in [4.78, 5) is 10.4. The van der Waals surface area contributed by atoms with Crippen molar-refractivity contribution in [3.63, 3.8) is 0 Å². The Morgan fingerprint density at radius 3 is 2.81 bits per heavy atom. The maximum atomic E-state index is 10.8. The Morgan fingerprint density at radius 2 is 2.19 bits per heavy atom. The van der Waals surface area contributed by atoms with Gasteiger partial charge in [0.05, 0.1) is 11.0 Å². The number of aryl methyl sites for hydroxylation is 1. The molecule has 0 aliphatic carbocycles. The van der Waals surface area contributed by atoms with Crippen molar-refractivity contribution in [2.45, 2.75) is 33.2 Å². The number of nitro benzene ring substituents is 1. The number of aromatic nitrogens is 2. The molecule has 0 aliphatic heterocycles. The van der Waals surface area contributed by atoms with Gasteiger partial charge in [-0.1, -0.05) is 6.92 Å². The number of nitrogens with zero attached hydrogens (tertiary/aromatic N) is 3. The average molecular weight is 290 g/mol. The lowest BCUT2D eigenvalue weighted by Gasteiger charge is -2.07. The highest BCUT2D eigenvalue weighted by atomic mass is 16.6. The molecular weight excluding hydrogens is 272 g/mol. The minimum Gasteiger partial charge on any atom is -0.419 e. The molecule has 0 spiro atoms. The van der Waals surface area contributed by atoms with E-state index >= 15 is 0 Å². The quantitative estimate of drug-likeness (QED) is 0.649. The predicted octanol–water partition coefficient (Wildman–Crippen LogP) is 3.01. The van der Waals surface area contributed by atoms with Crippen LogP contribution in [0.4, 0.5) is 5.69 Å². The zero-order chi connectivity index (χ0) is 15.4. The molecule has 1 unspecified atom stereocenters. The van der Waals surface area contributed by atoms with Crippen molar-refractivity contribution in [1.82, 2.24) is 15.5 Å². The molecule has 0 fully saturated rings. The van der Waals surface area contributed by atoms with E-state index in [0.29, 0.717) is 22.9 Å². The van der Waals surface area contributed by atoms with E-state index in [1.165, 1.54) is 6.07 Å². The molecule has 2 aromatic rings. The lowest BCUT2D eigenvalue weighted by atomic mass is 10.1. The number of benzene rings is 1. The third-order valence-corrected chi connectivity index (χ3v) is 3.15. The van der Waals surface area contributed by atoms with E-state index in [1.54, 1.807) is 19.1 Å². The molecule has 0 saturated carbocycles. The normalized spacial score (nSPS) is 12.3. The van der Waals surface area contributed by atoms with Gasteiger partial charge in [0.1, 0.15) is 0 Å². The Hall–Kier alpha value is -2.28. The number of nitrogens with one attached hydrogen (secondary N) is 1. The molecule has 7 heteroatoms. The lowest BCUT2D eigenvalue weighted by Crippen LogP contribution is -2.19.